The van der Waals surface area contributed by atoms with Gasteiger partial charge in [-0.15, -0.1) is 0 Å². The summed E-state index contributed by atoms with van der Waals surface area (Å²) in [6.45, 7) is -0.160. The van der Waals surface area contributed by atoms with Crippen LogP contribution in [0.25, 0.3) is 0 Å². The lowest BCUT2D eigenvalue weighted by Crippen LogP contribution is -2.12. The highest BCUT2D eigenvalue weighted by Crippen LogP contribution is 2.84. The van der Waals surface area contributed by atoms with E-state index in [0.29, 0.717) is 6.42 Å². The second-order valence-corrected chi connectivity index (χ2v) is 10.0. The lowest BCUT2D eigenvalue weighted by molar-refractivity contribution is 0.0181. The fraction of sp³-hybridized carbons (Fsp3) is 0.333. The Morgan fingerprint density at radius 2 is 1.94 bits per heavy atom. The first-order valence-corrected chi connectivity index (χ1v) is 8.88. The Morgan fingerprint density at radius 3 is 2.44 bits per heavy atom. The highest BCUT2D eigenvalue weighted by molar-refractivity contribution is 8.29. The van der Waals surface area contributed by atoms with Gasteiger partial charge in [0.05, 0.1) is 0 Å². The van der Waals surface area contributed by atoms with Gasteiger partial charge in [-0.25, -0.2) is 4.57 Å². The van der Waals surface area contributed by atoms with Crippen LogP contribution >= 0.6 is 14.3 Å². The van der Waals surface area contributed by atoms with Gasteiger partial charge in [0, 0.05) is 6.16 Å². The highest BCUT2D eigenvalue weighted by atomic mass is 32.1. The summed E-state index contributed by atoms with van der Waals surface area (Å²) in [7, 11) is -7.58. The van der Waals surface area contributed by atoms with Crippen molar-refractivity contribution in [1.29, 1.82) is 0 Å². The van der Waals surface area contributed by atoms with Gasteiger partial charge in [-0.3, -0.25) is 13.6 Å². The van der Waals surface area contributed by atoms with Crippen molar-refractivity contribution >= 4 is 14.3 Å². The Bertz CT molecular complexity index is 450. The molecule has 1 aliphatic heterocycles. The minimum atomic E-state index is -3.86. The van der Waals surface area contributed by atoms with E-state index in [1.165, 1.54) is 0 Å². The van der Waals surface area contributed by atoms with E-state index < -0.39 is 14.3 Å². The molecule has 16 heavy (non-hydrogen) atoms. The predicted molar refractivity (Wildman–Crippen MR) is 59.5 cm³/mol. The number of hydrogen-bond donors (Lipinski definition) is 1. The maximum absolute atomic E-state index is 11.7. The van der Waals surface area contributed by atoms with E-state index in [1.807, 2.05) is 30.3 Å². The third kappa shape index (κ3) is 2.29. The van der Waals surface area contributed by atoms with Gasteiger partial charge in [0.2, 0.25) is 0 Å². The Kier molecular flexibility index (Phi) is 3.34. The second kappa shape index (κ2) is 4.44. The third-order valence-corrected chi connectivity index (χ3v) is 8.37. The van der Waals surface area contributed by atoms with E-state index in [-0.39, 0.29) is 13.0 Å². The van der Waals surface area contributed by atoms with Crippen molar-refractivity contribution in [2.24, 2.45) is 0 Å². The van der Waals surface area contributed by atoms with Crippen LogP contribution in [0.5, 0.6) is 0 Å². The van der Waals surface area contributed by atoms with Crippen LogP contribution in [0, 0.1) is 0 Å². The molecule has 88 valence electrons. The summed E-state index contributed by atoms with van der Waals surface area (Å²) in [6, 6.07) is 9.24. The van der Waals surface area contributed by atoms with E-state index in [1.54, 1.807) is 0 Å². The molecule has 0 aliphatic carbocycles. The molecule has 0 bridgehead atoms. The quantitative estimate of drug-likeness (QED) is 0.844. The lowest BCUT2D eigenvalue weighted by Gasteiger charge is -2.29. The average molecular weight is 262 g/mol. The van der Waals surface area contributed by atoms with Crippen molar-refractivity contribution < 1.29 is 23.1 Å². The van der Waals surface area contributed by atoms with Crippen LogP contribution in [-0.4, -0.2) is 17.8 Å². The standard InChI is InChI=1S/C9H12O5P2/c10-15(11,16(12)13-8-14-16)7-6-9-4-2-1-3-5-9/h1-5H,6-8H2,(H,10,11). The first-order chi connectivity index (χ1) is 7.54. The van der Waals surface area contributed by atoms with Crippen LogP contribution in [0.4, 0.5) is 0 Å². The van der Waals surface area contributed by atoms with Crippen LogP contribution in [-0.2, 0) is 24.6 Å². The van der Waals surface area contributed by atoms with Crippen molar-refractivity contribution in [3.05, 3.63) is 35.9 Å². The Hall–Kier alpha value is -0.440. The van der Waals surface area contributed by atoms with Gasteiger partial charge in [0.15, 0.2) is 6.79 Å². The molecule has 1 atom stereocenters. The van der Waals surface area contributed by atoms with Crippen molar-refractivity contribution in [2.45, 2.75) is 6.42 Å². The van der Waals surface area contributed by atoms with Gasteiger partial charge >= 0.3 is 14.3 Å². The summed E-state index contributed by atoms with van der Waals surface area (Å²) in [5, 5.41) is 0. The first-order valence-electron chi connectivity index (χ1n) is 4.79. The molecular weight excluding hydrogens is 250 g/mol. The van der Waals surface area contributed by atoms with E-state index in [4.69, 9.17) is 0 Å². The molecule has 5 nitrogen and oxygen atoms in total. The molecule has 2 rings (SSSR count). The molecule has 7 heteroatoms. The summed E-state index contributed by atoms with van der Waals surface area (Å²) in [5.41, 5.74) is 0.920. The molecule has 1 fully saturated rings. The molecule has 1 aromatic carbocycles. The molecule has 1 aliphatic rings. The molecular formula is C9H12O5P2. The molecule has 1 aromatic rings. The van der Waals surface area contributed by atoms with Crippen molar-refractivity contribution in [3.8, 4) is 0 Å². The molecule has 1 N–H and O–H groups in total. The fourth-order valence-electron chi connectivity index (χ4n) is 1.37. The number of benzene rings is 1. The van der Waals surface area contributed by atoms with Crippen LogP contribution in [0.2, 0.25) is 0 Å². The summed E-state index contributed by atoms with van der Waals surface area (Å²) >= 11 is 0. The monoisotopic (exact) mass is 262 g/mol. The van der Waals surface area contributed by atoms with E-state index in [0.717, 1.165) is 5.56 Å². The zero-order valence-electron chi connectivity index (χ0n) is 8.48. The zero-order valence-corrected chi connectivity index (χ0v) is 10.3. The smallest absolute Gasteiger partial charge is 0.336 e. The molecule has 0 spiro atoms. The van der Waals surface area contributed by atoms with Gasteiger partial charge in [-0.1, -0.05) is 30.3 Å². The minimum Gasteiger partial charge on any atom is -0.336 e. The molecule has 1 heterocycles. The van der Waals surface area contributed by atoms with Crippen LogP contribution in [0.1, 0.15) is 5.56 Å². The van der Waals surface area contributed by atoms with E-state index >= 15 is 0 Å². The SMILES string of the molecule is O=P(O)(CCc1ccccc1)P1(=O)OCO1. The lowest BCUT2D eigenvalue weighted by atomic mass is 10.2. The predicted octanol–water partition coefficient (Wildman–Crippen LogP) is 2.61. The van der Waals surface area contributed by atoms with Gasteiger partial charge in [-0.05, 0) is 12.0 Å². The maximum Gasteiger partial charge on any atom is 0.416 e. The van der Waals surface area contributed by atoms with Gasteiger partial charge in [-0.2, -0.15) is 0 Å². The summed E-state index contributed by atoms with van der Waals surface area (Å²) in [6.07, 6.45) is 0.291. The zero-order chi connectivity index (χ0) is 11.6. The Balaban J connectivity index is 2.00. The van der Waals surface area contributed by atoms with Crippen molar-refractivity contribution in [1.82, 2.24) is 0 Å². The van der Waals surface area contributed by atoms with Crippen LogP contribution in [0.3, 0.4) is 0 Å². The summed E-state index contributed by atoms with van der Waals surface area (Å²) < 4.78 is 32.5. The van der Waals surface area contributed by atoms with E-state index in [9.17, 15) is 14.0 Å². The van der Waals surface area contributed by atoms with Crippen molar-refractivity contribution in [3.63, 3.8) is 0 Å². The van der Waals surface area contributed by atoms with Crippen molar-refractivity contribution in [2.75, 3.05) is 13.0 Å². The number of hydrogen-bond acceptors (Lipinski definition) is 4. The molecule has 0 radical (unpaired) electrons. The Labute approximate surface area is 93.3 Å². The molecule has 0 saturated carbocycles. The number of aryl methyl sites for hydroxylation is 1. The molecule has 0 aromatic heterocycles. The molecule has 0 amide bonds. The second-order valence-electron chi connectivity index (χ2n) is 3.47. The highest BCUT2D eigenvalue weighted by Gasteiger charge is 2.51. The first kappa shape index (κ1) is 12.0. The number of rotatable bonds is 4. The Morgan fingerprint density at radius 1 is 1.31 bits per heavy atom. The van der Waals surface area contributed by atoms with Gasteiger partial charge in [0.1, 0.15) is 0 Å². The largest absolute Gasteiger partial charge is 0.416 e. The summed E-state index contributed by atoms with van der Waals surface area (Å²) in [5.74, 6) is 0. The topological polar surface area (TPSA) is 72.8 Å². The average Bonchev–Trinajstić information content (AvgIpc) is 2.24. The summed E-state index contributed by atoms with van der Waals surface area (Å²) in [4.78, 5) is 9.60. The van der Waals surface area contributed by atoms with Gasteiger partial charge < -0.3 is 4.89 Å². The normalized spacial score (nSPS) is 22.1. The molecule has 1 saturated heterocycles. The minimum absolute atomic E-state index is 0.0890. The molecule has 1 unspecified atom stereocenters. The van der Waals surface area contributed by atoms with Gasteiger partial charge in [0.25, 0.3) is 0 Å². The third-order valence-electron chi connectivity index (χ3n) is 2.35. The van der Waals surface area contributed by atoms with Crippen LogP contribution < -0.4 is 0 Å². The maximum atomic E-state index is 11.7. The van der Waals surface area contributed by atoms with Crippen LogP contribution in [0.15, 0.2) is 30.3 Å². The fourth-order valence-corrected chi connectivity index (χ4v) is 5.21. The van der Waals surface area contributed by atoms with E-state index in [2.05, 4.69) is 9.05 Å².